The van der Waals surface area contributed by atoms with Gasteiger partial charge in [0.2, 0.25) is 0 Å². The van der Waals surface area contributed by atoms with Crippen LogP contribution in [0.25, 0.3) is 11.4 Å². The highest BCUT2D eigenvalue weighted by molar-refractivity contribution is 5.92. The monoisotopic (exact) mass is 379 g/mol. The average molecular weight is 379 g/mol. The van der Waals surface area contributed by atoms with Gasteiger partial charge in [0, 0.05) is 32.4 Å². The molecule has 4 heterocycles. The Morgan fingerprint density at radius 1 is 1.25 bits per heavy atom. The van der Waals surface area contributed by atoms with Crippen molar-refractivity contribution in [1.82, 2.24) is 24.6 Å². The van der Waals surface area contributed by atoms with Crippen molar-refractivity contribution in [2.75, 3.05) is 13.1 Å². The van der Waals surface area contributed by atoms with Crippen molar-refractivity contribution in [2.45, 2.75) is 33.1 Å². The van der Waals surface area contributed by atoms with Crippen LogP contribution in [-0.4, -0.2) is 43.6 Å². The molecule has 28 heavy (non-hydrogen) atoms. The second kappa shape index (κ2) is 7.58. The Morgan fingerprint density at radius 2 is 2.11 bits per heavy atom. The summed E-state index contributed by atoms with van der Waals surface area (Å²) in [6.07, 6.45) is 6.84. The zero-order valence-electron chi connectivity index (χ0n) is 16.6. The Bertz CT molecular complexity index is 973. The molecule has 0 unspecified atom stereocenters. The molecule has 0 bridgehead atoms. The van der Waals surface area contributed by atoms with E-state index < -0.39 is 0 Å². The number of pyridine rings is 1. The molecule has 0 radical (unpaired) electrons. The Kier molecular flexibility index (Phi) is 4.98. The molecule has 1 aliphatic rings. The second-order valence-corrected chi connectivity index (χ2v) is 7.59. The highest BCUT2D eigenvalue weighted by Gasteiger charge is 2.26. The molecule has 7 nitrogen and oxygen atoms in total. The molecule has 1 aliphatic heterocycles. The molecule has 0 spiro atoms. The smallest absolute Gasteiger partial charge is 0.276 e. The van der Waals surface area contributed by atoms with Crippen LogP contribution in [0.3, 0.4) is 0 Å². The number of aromatic nitrogens is 4. The lowest BCUT2D eigenvalue weighted by Crippen LogP contribution is -2.40. The van der Waals surface area contributed by atoms with E-state index in [1.54, 1.807) is 13.0 Å². The average Bonchev–Trinajstić information content (AvgIpc) is 3.28. The van der Waals surface area contributed by atoms with Crippen molar-refractivity contribution in [3.63, 3.8) is 0 Å². The lowest BCUT2D eigenvalue weighted by Gasteiger charge is -2.32. The van der Waals surface area contributed by atoms with Crippen LogP contribution in [0.4, 0.5) is 0 Å². The lowest BCUT2D eigenvalue weighted by atomic mass is 9.91. The summed E-state index contributed by atoms with van der Waals surface area (Å²) in [5.41, 5.74) is 3.53. The van der Waals surface area contributed by atoms with Crippen LogP contribution in [0.2, 0.25) is 0 Å². The van der Waals surface area contributed by atoms with Crippen molar-refractivity contribution in [3.8, 4) is 11.4 Å². The Labute approximate surface area is 164 Å². The highest BCUT2D eigenvalue weighted by atomic mass is 16.5. The Hall–Kier alpha value is -2.96. The second-order valence-electron chi connectivity index (χ2n) is 7.59. The first-order chi connectivity index (χ1) is 13.5. The van der Waals surface area contributed by atoms with Gasteiger partial charge in [-0.1, -0.05) is 11.2 Å². The van der Waals surface area contributed by atoms with E-state index in [0.29, 0.717) is 17.4 Å². The third-order valence-corrected chi connectivity index (χ3v) is 5.49. The number of nitrogens with zero attached hydrogens (tertiary/aromatic N) is 5. The number of imidazole rings is 1. The molecule has 3 aromatic rings. The first-order valence-electron chi connectivity index (χ1n) is 9.67. The number of aryl methyl sites for hydroxylation is 2. The van der Waals surface area contributed by atoms with Gasteiger partial charge in [-0.2, -0.15) is 0 Å². The van der Waals surface area contributed by atoms with Crippen LogP contribution in [0.5, 0.6) is 0 Å². The molecular formula is C21H25N5O2. The zero-order chi connectivity index (χ0) is 19.7. The van der Waals surface area contributed by atoms with Crippen LogP contribution >= 0.6 is 0 Å². The van der Waals surface area contributed by atoms with Gasteiger partial charge in [-0.3, -0.25) is 9.78 Å². The molecule has 1 fully saturated rings. The Morgan fingerprint density at radius 3 is 2.75 bits per heavy atom. The molecule has 4 rings (SSSR count). The summed E-state index contributed by atoms with van der Waals surface area (Å²) in [6, 6.07) is 5.89. The van der Waals surface area contributed by atoms with Crippen LogP contribution in [0.15, 0.2) is 35.1 Å². The number of piperidine rings is 1. The minimum atomic E-state index is -0.0402. The van der Waals surface area contributed by atoms with E-state index in [9.17, 15) is 4.79 Å². The van der Waals surface area contributed by atoms with Gasteiger partial charge in [0.05, 0.1) is 17.6 Å². The van der Waals surface area contributed by atoms with Crippen LogP contribution in [0.1, 0.15) is 40.5 Å². The van der Waals surface area contributed by atoms with Gasteiger partial charge >= 0.3 is 0 Å². The van der Waals surface area contributed by atoms with Gasteiger partial charge in [-0.15, -0.1) is 0 Å². The maximum absolute atomic E-state index is 12.6. The predicted molar refractivity (Wildman–Crippen MR) is 105 cm³/mol. The number of likely N-dealkylation sites (tertiary alicyclic amines) is 1. The molecule has 0 N–H and O–H groups in total. The molecule has 146 valence electrons. The van der Waals surface area contributed by atoms with Crippen LogP contribution in [0, 0.1) is 19.8 Å². The maximum atomic E-state index is 12.6. The Balaban J connectivity index is 1.41. The van der Waals surface area contributed by atoms with E-state index in [4.69, 9.17) is 4.52 Å². The quantitative estimate of drug-likeness (QED) is 0.696. The predicted octanol–water partition coefficient (Wildman–Crippen LogP) is 3.18. The summed E-state index contributed by atoms with van der Waals surface area (Å²) in [5, 5.41) is 3.86. The minimum absolute atomic E-state index is 0.0402. The van der Waals surface area contributed by atoms with Gasteiger partial charge < -0.3 is 14.0 Å². The SMILES string of the molecule is Cc1cc(C(=O)N2CCC[C@H](Cc3ccc(-c4cnc(C)n4C)nc3)C2)no1. The fraction of sp³-hybridized carbons (Fsp3) is 0.429. The molecule has 0 saturated carbocycles. The molecule has 0 aromatic carbocycles. The molecule has 1 saturated heterocycles. The number of rotatable bonds is 4. The van der Waals surface area contributed by atoms with E-state index in [-0.39, 0.29) is 5.91 Å². The summed E-state index contributed by atoms with van der Waals surface area (Å²) in [4.78, 5) is 23.5. The van der Waals surface area contributed by atoms with Crippen LogP contribution in [-0.2, 0) is 13.5 Å². The molecular weight excluding hydrogens is 354 g/mol. The third kappa shape index (κ3) is 3.69. The highest BCUT2D eigenvalue weighted by Crippen LogP contribution is 2.23. The van der Waals surface area contributed by atoms with Crippen molar-refractivity contribution in [3.05, 3.63) is 53.4 Å². The topological polar surface area (TPSA) is 77.1 Å². The fourth-order valence-electron chi connectivity index (χ4n) is 3.82. The largest absolute Gasteiger partial charge is 0.361 e. The molecule has 1 amide bonds. The normalized spacial score (nSPS) is 17.1. The van der Waals surface area contributed by atoms with E-state index in [0.717, 1.165) is 49.6 Å². The number of carbonyl (C=O) groups excluding carboxylic acids is 1. The number of amides is 1. The van der Waals surface area contributed by atoms with E-state index in [1.807, 2.05) is 35.8 Å². The summed E-state index contributed by atoms with van der Waals surface area (Å²) in [5.74, 6) is 2.01. The summed E-state index contributed by atoms with van der Waals surface area (Å²) in [7, 11) is 2.00. The van der Waals surface area contributed by atoms with Crippen LogP contribution < -0.4 is 0 Å². The lowest BCUT2D eigenvalue weighted by molar-refractivity contribution is 0.0663. The first-order valence-corrected chi connectivity index (χ1v) is 9.67. The van der Waals surface area contributed by atoms with Crippen molar-refractivity contribution >= 4 is 5.91 Å². The van der Waals surface area contributed by atoms with Gasteiger partial charge in [0.25, 0.3) is 5.91 Å². The molecule has 7 heteroatoms. The maximum Gasteiger partial charge on any atom is 0.276 e. The van der Waals surface area contributed by atoms with Gasteiger partial charge in [-0.25, -0.2) is 4.98 Å². The summed E-state index contributed by atoms with van der Waals surface area (Å²) < 4.78 is 7.08. The minimum Gasteiger partial charge on any atom is -0.361 e. The van der Waals surface area contributed by atoms with E-state index in [1.165, 1.54) is 5.56 Å². The van der Waals surface area contributed by atoms with Crippen molar-refractivity contribution in [1.29, 1.82) is 0 Å². The number of hydrogen-bond acceptors (Lipinski definition) is 5. The van der Waals surface area contributed by atoms with Crippen molar-refractivity contribution < 1.29 is 9.32 Å². The van der Waals surface area contributed by atoms with Crippen molar-refractivity contribution in [2.24, 2.45) is 13.0 Å². The zero-order valence-corrected chi connectivity index (χ0v) is 16.6. The summed E-state index contributed by atoms with van der Waals surface area (Å²) >= 11 is 0. The van der Waals surface area contributed by atoms with E-state index >= 15 is 0 Å². The molecule has 3 aromatic heterocycles. The fourth-order valence-corrected chi connectivity index (χ4v) is 3.82. The molecule has 1 atom stereocenters. The summed E-state index contributed by atoms with van der Waals surface area (Å²) in [6.45, 7) is 5.30. The standard InChI is InChI=1S/C21H25N5O2/c1-14-9-19(24-28-14)21(27)26-8-4-5-17(13-26)10-16-6-7-18(23-11-16)20-12-22-15(2)25(20)3/h6-7,9,11-12,17H,4-5,8,10,13H2,1-3H3/t17-/m1/s1. The molecule has 0 aliphatic carbocycles. The number of carbonyl (C=O) groups is 1. The van der Waals surface area contributed by atoms with Gasteiger partial charge in [0.1, 0.15) is 11.6 Å². The van der Waals surface area contributed by atoms with Gasteiger partial charge in [-0.05, 0) is 50.7 Å². The third-order valence-electron chi connectivity index (χ3n) is 5.49. The first kappa shape index (κ1) is 18.4. The number of hydrogen-bond donors (Lipinski definition) is 0. The van der Waals surface area contributed by atoms with Gasteiger partial charge in [0.15, 0.2) is 5.69 Å². The van der Waals surface area contributed by atoms with E-state index in [2.05, 4.69) is 27.3 Å².